The fourth-order valence-electron chi connectivity index (χ4n) is 1.58. The summed E-state index contributed by atoms with van der Waals surface area (Å²) >= 11 is 1.34. The van der Waals surface area contributed by atoms with Crippen molar-refractivity contribution in [3.05, 3.63) is 53.8 Å². The summed E-state index contributed by atoms with van der Waals surface area (Å²) in [6, 6.07) is 12.6. The zero-order valence-electron chi connectivity index (χ0n) is 10.0. The fourth-order valence-corrected chi connectivity index (χ4v) is 2.50. The molecule has 2 rings (SSSR count). The van der Waals surface area contributed by atoms with Gasteiger partial charge in [0.2, 0.25) is 0 Å². The van der Waals surface area contributed by atoms with E-state index in [1.807, 2.05) is 30.3 Å². The highest BCUT2D eigenvalue weighted by Crippen LogP contribution is 2.36. The van der Waals surface area contributed by atoms with Crippen LogP contribution in [0.1, 0.15) is 5.56 Å². The summed E-state index contributed by atoms with van der Waals surface area (Å²) in [6.07, 6.45) is 0. The third kappa shape index (κ3) is 2.83. The second kappa shape index (κ2) is 5.89. The number of para-hydroxylation sites is 1. The van der Waals surface area contributed by atoms with Gasteiger partial charge in [-0.2, -0.15) is 0 Å². The first-order chi connectivity index (χ1) is 8.74. The van der Waals surface area contributed by atoms with E-state index in [9.17, 15) is 4.39 Å². The molecule has 2 aromatic carbocycles. The van der Waals surface area contributed by atoms with Crippen LogP contribution in [-0.4, -0.2) is 7.11 Å². The van der Waals surface area contributed by atoms with E-state index in [0.717, 1.165) is 16.2 Å². The van der Waals surface area contributed by atoms with Crippen molar-refractivity contribution in [2.24, 2.45) is 5.73 Å². The third-order valence-electron chi connectivity index (χ3n) is 2.52. The molecule has 0 unspecified atom stereocenters. The fraction of sp³-hybridized carbons (Fsp3) is 0.143. The lowest BCUT2D eigenvalue weighted by molar-refractivity contribution is 0.405. The summed E-state index contributed by atoms with van der Waals surface area (Å²) in [5.74, 6) is 0.485. The summed E-state index contributed by atoms with van der Waals surface area (Å²) in [4.78, 5) is 1.45. The molecular weight excluding hydrogens is 249 g/mol. The topological polar surface area (TPSA) is 35.2 Å². The molecule has 0 aromatic heterocycles. The number of nitrogens with two attached hydrogens (primary N) is 1. The first-order valence-corrected chi connectivity index (χ1v) is 6.35. The van der Waals surface area contributed by atoms with E-state index in [4.69, 9.17) is 10.5 Å². The van der Waals surface area contributed by atoms with Gasteiger partial charge in [0, 0.05) is 11.4 Å². The maximum atomic E-state index is 13.8. The van der Waals surface area contributed by atoms with Crippen LogP contribution >= 0.6 is 11.8 Å². The third-order valence-corrected chi connectivity index (χ3v) is 3.63. The Bertz CT molecular complexity index is 545. The number of halogens is 1. The molecule has 0 saturated heterocycles. The molecule has 0 radical (unpaired) electrons. The molecule has 0 atom stereocenters. The maximum absolute atomic E-state index is 13.8. The van der Waals surface area contributed by atoms with Gasteiger partial charge in [0.25, 0.3) is 0 Å². The molecule has 0 bridgehead atoms. The molecular formula is C14H14FNOS. The van der Waals surface area contributed by atoms with Crippen LogP contribution in [0.4, 0.5) is 4.39 Å². The number of rotatable bonds is 4. The van der Waals surface area contributed by atoms with Crippen LogP contribution in [0, 0.1) is 5.82 Å². The Morgan fingerprint density at radius 3 is 2.61 bits per heavy atom. The van der Waals surface area contributed by atoms with Crippen molar-refractivity contribution in [1.82, 2.24) is 0 Å². The Kier molecular flexibility index (Phi) is 4.23. The van der Waals surface area contributed by atoms with Gasteiger partial charge in [-0.25, -0.2) is 4.39 Å². The Balaban J connectivity index is 2.28. The van der Waals surface area contributed by atoms with E-state index in [-0.39, 0.29) is 5.82 Å². The largest absolute Gasteiger partial charge is 0.496 e. The van der Waals surface area contributed by atoms with Gasteiger partial charge < -0.3 is 10.5 Å². The molecule has 94 valence electrons. The first kappa shape index (κ1) is 12.9. The molecule has 2 N–H and O–H groups in total. The van der Waals surface area contributed by atoms with Crippen LogP contribution in [-0.2, 0) is 6.54 Å². The SMILES string of the molecule is COc1ccccc1Sc1ccc(CN)cc1F. The molecule has 0 fully saturated rings. The van der Waals surface area contributed by atoms with Crippen molar-refractivity contribution in [2.75, 3.05) is 7.11 Å². The van der Waals surface area contributed by atoms with Gasteiger partial charge in [0.1, 0.15) is 11.6 Å². The van der Waals surface area contributed by atoms with Crippen LogP contribution < -0.4 is 10.5 Å². The highest BCUT2D eigenvalue weighted by Gasteiger charge is 2.08. The van der Waals surface area contributed by atoms with Gasteiger partial charge in [0.15, 0.2) is 0 Å². The molecule has 18 heavy (non-hydrogen) atoms. The Morgan fingerprint density at radius 1 is 1.17 bits per heavy atom. The van der Waals surface area contributed by atoms with Gasteiger partial charge >= 0.3 is 0 Å². The average Bonchev–Trinajstić information content (AvgIpc) is 2.41. The average molecular weight is 263 g/mol. The number of ether oxygens (including phenoxy) is 1. The van der Waals surface area contributed by atoms with E-state index in [1.54, 1.807) is 13.2 Å². The van der Waals surface area contributed by atoms with Gasteiger partial charge in [-0.15, -0.1) is 0 Å². The molecule has 0 aliphatic rings. The molecule has 2 nitrogen and oxygen atoms in total. The standard InChI is InChI=1S/C14H14FNOS/c1-17-12-4-2-3-5-14(12)18-13-7-6-10(9-16)8-11(13)15/h2-8H,9,16H2,1H3. The van der Waals surface area contributed by atoms with Crippen molar-refractivity contribution in [2.45, 2.75) is 16.3 Å². The lowest BCUT2D eigenvalue weighted by atomic mass is 10.2. The Morgan fingerprint density at radius 2 is 1.94 bits per heavy atom. The van der Waals surface area contributed by atoms with Crippen molar-refractivity contribution in [3.63, 3.8) is 0 Å². The smallest absolute Gasteiger partial charge is 0.137 e. The van der Waals surface area contributed by atoms with Crippen molar-refractivity contribution in [3.8, 4) is 5.75 Å². The summed E-state index contributed by atoms with van der Waals surface area (Å²) in [5, 5.41) is 0. The minimum absolute atomic E-state index is 0.256. The zero-order chi connectivity index (χ0) is 13.0. The molecule has 4 heteroatoms. The van der Waals surface area contributed by atoms with Gasteiger partial charge in [-0.3, -0.25) is 0 Å². The van der Waals surface area contributed by atoms with E-state index in [2.05, 4.69) is 0 Å². The van der Waals surface area contributed by atoms with Crippen LogP contribution in [0.5, 0.6) is 5.75 Å². The minimum Gasteiger partial charge on any atom is -0.496 e. The summed E-state index contributed by atoms with van der Waals surface area (Å²) in [7, 11) is 1.60. The van der Waals surface area contributed by atoms with Gasteiger partial charge in [-0.05, 0) is 29.8 Å². The highest BCUT2D eigenvalue weighted by molar-refractivity contribution is 7.99. The quantitative estimate of drug-likeness (QED) is 0.917. The highest BCUT2D eigenvalue weighted by atomic mass is 32.2. The van der Waals surface area contributed by atoms with Crippen molar-refractivity contribution < 1.29 is 9.13 Å². The van der Waals surface area contributed by atoms with Crippen LogP contribution in [0.25, 0.3) is 0 Å². The van der Waals surface area contributed by atoms with E-state index >= 15 is 0 Å². The molecule has 0 spiro atoms. The van der Waals surface area contributed by atoms with E-state index in [1.165, 1.54) is 17.8 Å². The second-order valence-corrected chi connectivity index (χ2v) is 4.81. The van der Waals surface area contributed by atoms with Crippen LogP contribution in [0.15, 0.2) is 52.3 Å². The zero-order valence-corrected chi connectivity index (χ0v) is 10.8. The van der Waals surface area contributed by atoms with Gasteiger partial charge in [0.05, 0.1) is 12.0 Å². The predicted octanol–water partition coefficient (Wildman–Crippen LogP) is 3.44. The van der Waals surface area contributed by atoms with Crippen molar-refractivity contribution in [1.29, 1.82) is 0 Å². The number of benzene rings is 2. The Hall–Kier alpha value is -1.52. The van der Waals surface area contributed by atoms with Crippen LogP contribution in [0.3, 0.4) is 0 Å². The van der Waals surface area contributed by atoms with Crippen molar-refractivity contribution >= 4 is 11.8 Å². The molecule has 0 heterocycles. The first-order valence-electron chi connectivity index (χ1n) is 5.54. The second-order valence-electron chi connectivity index (χ2n) is 3.72. The minimum atomic E-state index is -0.256. The van der Waals surface area contributed by atoms with Gasteiger partial charge in [-0.1, -0.05) is 30.0 Å². The Labute approximate surface area is 110 Å². The van der Waals surface area contributed by atoms with E-state index < -0.39 is 0 Å². The number of hydrogen-bond acceptors (Lipinski definition) is 3. The molecule has 0 aliphatic heterocycles. The number of methoxy groups -OCH3 is 1. The molecule has 0 amide bonds. The maximum Gasteiger partial charge on any atom is 0.137 e. The van der Waals surface area contributed by atoms with Crippen LogP contribution in [0.2, 0.25) is 0 Å². The lowest BCUT2D eigenvalue weighted by Gasteiger charge is -2.08. The monoisotopic (exact) mass is 263 g/mol. The lowest BCUT2D eigenvalue weighted by Crippen LogP contribution is -1.97. The molecule has 0 aliphatic carbocycles. The summed E-state index contributed by atoms with van der Waals surface area (Å²) < 4.78 is 19.1. The summed E-state index contributed by atoms with van der Waals surface area (Å²) in [6.45, 7) is 0.344. The normalized spacial score (nSPS) is 10.4. The molecule has 0 saturated carbocycles. The van der Waals surface area contributed by atoms with E-state index in [0.29, 0.717) is 11.4 Å². The number of hydrogen-bond donors (Lipinski definition) is 1. The summed E-state index contributed by atoms with van der Waals surface area (Å²) in [5.41, 5.74) is 6.26. The predicted molar refractivity (Wildman–Crippen MR) is 71.4 cm³/mol. The molecule has 2 aromatic rings.